The summed E-state index contributed by atoms with van der Waals surface area (Å²) < 4.78 is 4.52. The van der Waals surface area contributed by atoms with Crippen LogP contribution < -0.4 is 0 Å². The van der Waals surface area contributed by atoms with Gasteiger partial charge < -0.3 is 9.94 Å². The van der Waals surface area contributed by atoms with Gasteiger partial charge in [0.1, 0.15) is 0 Å². The molecule has 1 aliphatic rings. The van der Waals surface area contributed by atoms with Crippen molar-refractivity contribution < 1.29 is 14.7 Å². The SMILES string of the molecule is COC(=O)CC1CCCCN1O. The van der Waals surface area contributed by atoms with Gasteiger partial charge in [-0.1, -0.05) is 6.42 Å². The van der Waals surface area contributed by atoms with Crippen molar-refractivity contribution in [3.05, 3.63) is 0 Å². The van der Waals surface area contributed by atoms with Crippen molar-refractivity contribution >= 4 is 5.97 Å². The molecule has 4 heteroatoms. The normalized spacial score (nSPS) is 25.3. The van der Waals surface area contributed by atoms with Crippen LogP contribution in [0.2, 0.25) is 0 Å². The van der Waals surface area contributed by atoms with Crippen molar-refractivity contribution in [2.24, 2.45) is 0 Å². The maximum absolute atomic E-state index is 10.9. The number of hydrogen-bond donors (Lipinski definition) is 1. The zero-order valence-electron chi connectivity index (χ0n) is 7.32. The predicted molar refractivity (Wildman–Crippen MR) is 42.8 cm³/mol. The highest BCUT2D eigenvalue weighted by Crippen LogP contribution is 2.17. The zero-order chi connectivity index (χ0) is 8.97. The molecule has 0 spiro atoms. The first-order chi connectivity index (χ1) is 5.74. The number of methoxy groups -OCH3 is 1. The number of rotatable bonds is 2. The Bertz CT molecular complexity index is 160. The van der Waals surface area contributed by atoms with Crippen molar-refractivity contribution in [1.29, 1.82) is 0 Å². The van der Waals surface area contributed by atoms with Crippen LogP contribution in [0.15, 0.2) is 0 Å². The molecule has 4 nitrogen and oxygen atoms in total. The lowest BCUT2D eigenvalue weighted by molar-refractivity contribution is -0.161. The molecule has 0 saturated carbocycles. The smallest absolute Gasteiger partial charge is 0.307 e. The minimum absolute atomic E-state index is 0.0359. The van der Waals surface area contributed by atoms with Gasteiger partial charge in [0.2, 0.25) is 0 Å². The molecule has 70 valence electrons. The molecule has 12 heavy (non-hydrogen) atoms. The minimum Gasteiger partial charge on any atom is -0.469 e. The molecular weight excluding hydrogens is 158 g/mol. The molecule has 1 rings (SSSR count). The summed E-state index contributed by atoms with van der Waals surface area (Å²) in [5.74, 6) is -0.249. The fourth-order valence-electron chi connectivity index (χ4n) is 1.47. The molecular formula is C8H15NO3. The molecule has 1 N–H and O–H groups in total. The van der Waals surface area contributed by atoms with Crippen LogP contribution in [-0.2, 0) is 9.53 Å². The predicted octanol–water partition coefficient (Wildman–Crippen LogP) is 0.793. The van der Waals surface area contributed by atoms with Gasteiger partial charge in [0.25, 0.3) is 0 Å². The molecule has 0 aromatic heterocycles. The average Bonchev–Trinajstić information content (AvgIpc) is 2.09. The van der Waals surface area contributed by atoms with Crippen molar-refractivity contribution in [1.82, 2.24) is 5.06 Å². The first kappa shape index (κ1) is 9.48. The van der Waals surface area contributed by atoms with Gasteiger partial charge in [-0.25, -0.2) is 0 Å². The van der Waals surface area contributed by atoms with E-state index in [0.717, 1.165) is 19.3 Å². The molecule has 0 aromatic rings. The Labute approximate surface area is 72.1 Å². The van der Waals surface area contributed by atoms with Gasteiger partial charge >= 0.3 is 5.97 Å². The summed E-state index contributed by atoms with van der Waals surface area (Å²) in [5.41, 5.74) is 0. The van der Waals surface area contributed by atoms with E-state index in [0.29, 0.717) is 13.0 Å². The van der Waals surface area contributed by atoms with E-state index >= 15 is 0 Å². The van der Waals surface area contributed by atoms with Crippen LogP contribution in [0.1, 0.15) is 25.7 Å². The molecule has 0 bridgehead atoms. The number of carbonyl (C=O) groups excluding carboxylic acids is 1. The largest absolute Gasteiger partial charge is 0.469 e. The van der Waals surface area contributed by atoms with Gasteiger partial charge in [-0.05, 0) is 12.8 Å². The monoisotopic (exact) mass is 173 g/mol. The second kappa shape index (κ2) is 4.42. The lowest BCUT2D eigenvalue weighted by Gasteiger charge is -2.29. The third-order valence-electron chi connectivity index (χ3n) is 2.23. The summed E-state index contributed by atoms with van der Waals surface area (Å²) in [4.78, 5) is 10.9. The summed E-state index contributed by atoms with van der Waals surface area (Å²) >= 11 is 0. The molecule has 0 aliphatic carbocycles. The second-order valence-electron chi connectivity index (χ2n) is 3.09. The standard InChI is InChI=1S/C8H15NO3/c1-12-8(10)6-7-4-2-3-5-9(7)11/h7,11H,2-6H2,1H3. The third-order valence-corrected chi connectivity index (χ3v) is 2.23. The maximum Gasteiger partial charge on any atom is 0.307 e. The molecule has 0 radical (unpaired) electrons. The quantitative estimate of drug-likeness (QED) is 0.627. The summed E-state index contributed by atoms with van der Waals surface area (Å²) in [7, 11) is 1.37. The average molecular weight is 173 g/mol. The van der Waals surface area contributed by atoms with Crippen LogP contribution in [0.3, 0.4) is 0 Å². The van der Waals surface area contributed by atoms with E-state index in [1.807, 2.05) is 0 Å². The lowest BCUT2D eigenvalue weighted by atomic mass is 10.0. The topological polar surface area (TPSA) is 49.8 Å². The summed E-state index contributed by atoms with van der Waals surface area (Å²) in [6, 6.07) is -0.0359. The Morgan fingerprint density at radius 1 is 1.67 bits per heavy atom. The van der Waals surface area contributed by atoms with E-state index in [9.17, 15) is 10.0 Å². The third kappa shape index (κ3) is 2.46. The van der Waals surface area contributed by atoms with Crippen LogP contribution in [0, 0.1) is 0 Å². The number of esters is 1. The Morgan fingerprint density at radius 2 is 2.42 bits per heavy atom. The highest BCUT2D eigenvalue weighted by atomic mass is 16.5. The number of nitrogens with zero attached hydrogens (tertiary/aromatic N) is 1. The Balaban J connectivity index is 2.33. The lowest BCUT2D eigenvalue weighted by Crippen LogP contribution is -2.38. The van der Waals surface area contributed by atoms with E-state index in [2.05, 4.69) is 4.74 Å². The van der Waals surface area contributed by atoms with Crippen LogP contribution in [0.25, 0.3) is 0 Å². The number of ether oxygens (including phenoxy) is 1. The highest BCUT2D eigenvalue weighted by molar-refractivity contribution is 5.69. The Hall–Kier alpha value is -0.610. The van der Waals surface area contributed by atoms with Crippen molar-refractivity contribution in [2.75, 3.05) is 13.7 Å². The van der Waals surface area contributed by atoms with Crippen molar-refractivity contribution in [3.63, 3.8) is 0 Å². The molecule has 1 atom stereocenters. The van der Waals surface area contributed by atoms with E-state index in [1.165, 1.54) is 12.2 Å². The van der Waals surface area contributed by atoms with Crippen molar-refractivity contribution in [3.8, 4) is 0 Å². The van der Waals surface area contributed by atoms with E-state index < -0.39 is 0 Å². The van der Waals surface area contributed by atoms with Gasteiger partial charge in [-0.3, -0.25) is 4.79 Å². The second-order valence-corrected chi connectivity index (χ2v) is 3.09. The zero-order valence-corrected chi connectivity index (χ0v) is 7.32. The van der Waals surface area contributed by atoms with Crippen LogP contribution in [0.4, 0.5) is 0 Å². The Kier molecular flexibility index (Phi) is 3.49. The van der Waals surface area contributed by atoms with E-state index in [4.69, 9.17) is 0 Å². The fraction of sp³-hybridized carbons (Fsp3) is 0.875. The molecule has 1 fully saturated rings. The molecule has 1 heterocycles. The molecule has 1 saturated heterocycles. The number of hydroxylamine groups is 2. The maximum atomic E-state index is 10.9. The van der Waals surface area contributed by atoms with Gasteiger partial charge in [-0.2, -0.15) is 5.06 Å². The van der Waals surface area contributed by atoms with E-state index in [1.54, 1.807) is 0 Å². The van der Waals surface area contributed by atoms with Gasteiger partial charge in [0, 0.05) is 12.6 Å². The minimum atomic E-state index is -0.249. The molecule has 0 aromatic carbocycles. The van der Waals surface area contributed by atoms with Gasteiger partial charge in [0.15, 0.2) is 0 Å². The van der Waals surface area contributed by atoms with Crippen LogP contribution >= 0.6 is 0 Å². The first-order valence-electron chi connectivity index (χ1n) is 4.26. The summed E-state index contributed by atoms with van der Waals surface area (Å²) in [5, 5.41) is 10.6. The number of hydrogen-bond acceptors (Lipinski definition) is 4. The number of carbonyl (C=O) groups is 1. The summed E-state index contributed by atoms with van der Waals surface area (Å²) in [6.45, 7) is 0.668. The van der Waals surface area contributed by atoms with Crippen LogP contribution in [0.5, 0.6) is 0 Å². The fourth-order valence-corrected chi connectivity index (χ4v) is 1.47. The van der Waals surface area contributed by atoms with E-state index in [-0.39, 0.29) is 12.0 Å². The van der Waals surface area contributed by atoms with Crippen LogP contribution in [-0.4, -0.2) is 35.9 Å². The van der Waals surface area contributed by atoms with Gasteiger partial charge in [-0.15, -0.1) is 0 Å². The first-order valence-corrected chi connectivity index (χ1v) is 4.26. The van der Waals surface area contributed by atoms with Crippen molar-refractivity contribution in [2.45, 2.75) is 31.7 Å². The van der Waals surface area contributed by atoms with Gasteiger partial charge in [0.05, 0.1) is 13.5 Å². The molecule has 1 aliphatic heterocycles. The molecule has 1 unspecified atom stereocenters. The highest BCUT2D eigenvalue weighted by Gasteiger charge is 2.23. The molecule has 0 amide bonds. The summed E-state index contributed by atoms with van der Waals surface area (Å²) in [6.07, 6.45) is 3.27. The Morgan fingerprint density at radius 3 is 3.00 bits per heavy atom. The number of piperidine rings is 1.